The molecular weight excluding hydrogens is 144 g/mol. The van der Waals surface area contributed by atoms with Gasteiger partial charge < -0.3 is 0 Å². The van der Waals surface area contributed by atoms with Crippen molar-refractivity contribution in [1.29, 1.82) is 0 Å². The average Bonchev–Trinajstić information content (AvgIpc) is 1.83. The highest BCUT2D eigenvalue weighted by molar-refractivity contribution is 7.39. The summed E-state index contributed by atoms with van der Waals surface area (Å²) in [5.41, 5.74) is 0. The van der Waals surface area contributed by atoms with Crippen molar-refractivity contribution >= 4 is 25.9 Å². The van der Waals surface area contributed by atoms with Gasteiger partial charge in [0.25, 0.3) is 0 Å². The van der Waals surface area contributed by atoms with Crippen LogP contribution in [0.5, 0.6) is 0 Å². The largest absolute Gasteiger partial charge is 0.0771 e. The van der Waals surface area contributed by atoms with Crippen LogP contribution in [0.4, 0.5) is 0 Å². The van der Waals surface area contributed by atoms with Gasteiger partial charge in [-0.3, -0.25) is 0 Å². The van der Waals surface area contributed by atoms with Gasteiger partial charge in [-0.05, 0) is 0 Å². The predicted molar refractivity (Wildman–Crippen MR) is 51.1 cm³/mol. The molecule has 0 radical (unpaired) electrons. The fourth-order valence-corrected chi connectivity index (χ4v) is 17.3. The van der Waals surface area contributed by atoms with Gasteiger partial charge in [-0.1, -0.05) is 32.5 Å². The molecule has 0 aromatic carbocycles. The van der Waals surface area contributed by atoms with Crippen LogP contribution in [0.1, 0.15) is 13.8 Å². The molecule has 0 nitrogen and oxygen atoms in total. The lowest BCUT2D eigenvalue weighted by Crippen LogP contribution is -2.26. The highest BCUT2D eigenvalue weighted by Crippen LogP contribution is 1.89. The van der Waals surface area contributed by atoms with Gasteiger partial charge in [-0.2, -0.15) is 0 Å². The molecule has 1 unspecified atom stereocenters. The van der Waals surface area contributed by atoms with Gasteiger partial charge in [-0.15, -0.1) is 0 Å². The van der Waals surface area contributed by atoms with Crippen LogP contribution in [0.15, 0.2) is 0 Å². The Bertz CT molecular complexity index is 42.9. The third-order valence-corrected chi connectivity index (χ3v) is 25.5. The minimum atomic E-state index is 0.0856. The molecule has 0 aromatic heterocycles. The van der Waals surface area contributed by atoms with Crippen LogP contribution in [-0.4, -0.2) is 25.9 Å². The Labute approximate surface area is 58.9 Å². The molecule has 0 rings (SSSR count). The number of rotatable bonds is 4. The Hall–Kier alpha value is 0.651. The van der Waals surface area contributed by atoms with E-state index in [-0.39, 0.29) is 7.83 Å². The zero-order valence-electron chi connectivity index (χ0n) is 6.41. The van der Waals surface area contributed by atoms with Crippen molar-refractivity contribution in [2.24, 2.45) is 0 Å². The monoisotopic (exact) mass is 162 g/mol. The number of hydrogen-bond acceptors (Lipinski definition) is 0. The maximum absolute atomic E-state index is 2.52. The van der Waals surface area contributed by atoms with Crippen LogP contribution >= 0.6 is 0 Å². The van der Waals surface area contributed by atoms with Crippen molar-refractivity contribution < 1.29 is 0 Å². The van der Waals surface area contributed by atoms with E-state index < -0.39 is 0 Å². The minimum Gasteiger partial charge on any atom is -0.0771 e. The third kappa shape index (κ3) is 3.63. The van der Waals surface area contributed by atoms with Crippen molar-refractivity contribution in [2.75, 3.05) is 0 Å². The summed E-state index contributed by atoms with van der Waals surface area (Å²) < 4.78 is 0. The van der Waals surface area contributed by atoms with E-state index in [1.54, 1.807) is 12.1 Å². The quantitative estimate of drug-likeness (QED) is 0.513. The molecule has 0 N–H and O–H groups in total. The molecule has 50 valence electrons. The lowest BCUT2D eigenvalue weighted by Gasteiger charge is -2.04. The molecule has 0 fully saturated rings. The molecule has 0 aromatic rings. The Morgan fingerprint density at radius 1 is 1.38 bits per heavy atom. The Kier molecular flexibility index (Phi) is 6.25. The average molecular weight is 162 g/mol. The summed E-state index contributed by atoms with van der Waals surface area (Å²) >= 11 is 0. The topological polar surface area (TPSA) is 0 Å². The maximum atomic E-state index is 2.52. The molecule has 0 amide bonds. The highest BCUT2D eigenvalue weighted by Gasteiger charge is 2.02. The molecule has 0 saturated heterocycles. The first kappa shape index (κ1) is 8.65. The van der Waals surface area contributed by atoms with E-state index in [0.29, 0.717) is 18.1 Å². The summed E-state index contributed by atoms with van der Waals surface area (Å²) in [6.07, 6.45) is 0. The fraction of sp³-hybridized carbons (Fsp3) is 1.00. The van der Waals surface area contributed by atoms with Crippen LogP contribution in [0.25, 0.3) is 0 Å². The Balaban J connectivity index is 3.07. The van der Waals surface area contributed by atoms with Crippen LogP contribution < -0.4 is 0 Å². The van der Waals surface area contributed by atoms with Gasteiger partial charge in [-0.25, -0.2) is 0 Å². The van der Waals surface area contributed by atoms with Crippen molar-refractivity contribution in [1.82, 2.24) is 0 Å². The van der Waals surface area contributed by atoms with Crippen molar-refractivity contribution in [3.63, 3.8) is 0 Å². The highest BCUT2D eigenvalue weighted by atomic mass is 29.6. The van der Waals surface area contributed by atoms with E-state index in [0.717, 1.165) is 0 Å². The maximum Gasteiger partial charge on any atom is 0.0122 e. The molecule has 0 spiro atoms. The van der Waals surface area contributed by atoms with Crippen LogP contribution in [0.3, 0.4) is 0 Å². The molecular formula is C5H18Si3. The second-order valence-corrected chi connectivity index (χ2v) is 22.0. The molecule has 0 aliphatic heterocycles. The fourth-order valence-electron chi connectivity index (χ4n) is 1.11. The molecule has 0 aliphatic rings. The second kappa shape index (κ2) is 5.78. The molecule has 8 heavy (non-hydrogen) atoms. The summed E-state index contributed by atoms with van der Waals surface area (Å²) in [6, 6.07) is 3.22. The zero-order chi connectivity index (χ0) is 6.41. The van der Waals surface area contributed by atoms with Gasteiger partial charge in [0.05, 0.1) is 0 Å². The summed E-state index contributed by atoms with van der Waals surface area (Å²) in [5, 5.41) is 0. The first-order chi connectivity index (χ1) is 3.85. The molecule has 0 saturated carbocycles. The molecule has 1 atom stereocenters. The van der Waals surface area contributed by atoms with Crippen molar-refractivity contribution in [3.8, 4) is 0 Å². The van der Waals surface area contributed by atoms with Crippen LogP contribution in [0, 0.1) is 0 Å². The number of hydrogen-bond donors (Lipinski definition) is 0. The van der Waals surface area contributed by atoms with E-state index in [1.165, 1.54) is 0 Å². The Morgan fingerprint density at radius 2 is 2.00 bits per heavy atom. The molecule has 3 heteroatoms. The molecule has 0 aliphatic carbocycles. The van der Waals surface area contributed by atoms with Gasteiger partial charge in [0.1, 0.15) is 0 Å². The molecule has 0 heterocycles. The van der Waals surface area contributed by atoms with E-state index in [1.807, 2.05) is 0 Å². The smallest absolute Gasteiger partial charge is 0.0122 e. The van der Waals surface area contributed by atoms with Crippen LogP contribution in [0.2, 0.25) is 18.6 Å². The van der Waals surface area contributed by atoms with Gasteiger partial charge >= 0.3 is 0 Å². The van der Waals surface area contributed by atoms with Gasteiger partial charge in [0.2, 0.25) is 0 Å². The zero-order valence-corrected chi connectivity index (χ0v) is 10.4. The van der Waals surface area contributed by atoms with Crippen molar-refractivity contribution in [2.45, 2.75) is 32.5 Å². The SMILES string of the molecule is CC[SiH2][SiH](CC)[SiH2]C. The van der Waals surface area contributed by atoms with Gasteiger partial charge in [0.15, 0.2) is 0 Å². The standard InChI is InChI=1S/C5H18Si3/c1-4-7-8(5-2)6-3/h8H,4-7H2,1-3H3. The van der Waals surface area contributed by atoms with E-state index in [9.17, 15) is 0 Å². The first-order valence-electron chi connectivity index (χ1n) is 3.85. The summed E-state index contributed by atoms with van der Waals surface area (Å²) in [4.78, 5) is 0. The molecule has 0 bridgehead atoms. The summed E-state index contributed by atoms with van der Waals surface area (Å²) in [7, 11) is 1.14. The minimum absolute atomic E-state index is 0.0856. The first-order valence-corrected chi connectivity index (χ1v) is 13.6. The normalized spacial score (nSPS) is 16.9. The van der Waals surface area contributed by atoms with E-state index in [4.69, 9.17) is 0 Å². The third-order valence-electron chi connectivity index (χ3n) is 1.85. The summed E-state index contributed by atoms with van der Waals surface area (Å²) in [5.74, 6) is 0. The Morgan fingerprint density at radius 3 is 2.12 bits per heavy atom. The van der Waals surface area contributed by atoms with Crippen molar-refractivity contribution in [3.05, 3.63) is 0 Å². The predicted octanol–water partition coefficient (Wildman–Crippen LogP) is 0.0507. The lowest BCUT2D eigenvalue weighted by atomic mass is 11.0. The second-order valence-electron chi connectivity index (χ2n) is 2.47. The lowest BCUT2D eigenvalue weighted by molar-refractivity contribution is 1.44. The van der Waals surface area contributed by atoms with E-state index >= 15 is 0 Å². The van der Waals surface area contributed by atoms with Crippen LogP contribution in [-0.2, 0) is 0 Å². The van der Waals surface area contributed by atoms with E-state index in [2.05, 4.69) is 20.4 Å². The summed E-state index contributed by atoms with van der Waals surface area (Å²) in [6.45, 7) is 7.31. The van der Waals surface area contributed by atoms with Gasteiger partial charge in [0, 0.05) is 25.9 Å².